The Labute approximate surface area is 220 Å². The van der Waals surface area contributed by atoms with Crippen molar-refractivity contribution in [3.05, 3.63) is 82.4 Å². The SMILES string of the molecule is CCOc1ccc(NC(=O)/C(C#N)=C/c2cc(Cl)c(OCC(=O)Nc3ccc(C)cc3)c(OC)c2)cc1. The van der Waals surface area contributed by atoms with Crippen LogP contribution in [0.5, 0.6) is 17.2 Å². The molecule has 8 nitrogen and oxygen atoms in total. The lowest BCUT2D eigenvalue weighted by molar-refractivity contribution is -0.118. The summed E-state index contributed by atoms with van der Waals surface area (Å²) < 4.78 is 16.4. The van der Waals surface area contributed by atoms with Crippen LogP contribution >= 0.6 is 11.6 Å². The van der Waals surface area contributed by atoms with Crippen molar-refractivity contribution >= 4 is 40.9 Å². The Kier molecular flexibility index (Phi) is 9.53. The van der Waals surface area contributed by atoms with Gasteiger partial charge >= 0.3 is 0 Å². The molecular weight excluding hydrogens is 494 g/mol. The molecule has 0 unspecified atom stereocenters. The van der Waals surface area contributed by atoms with E-state index in [1.807, 2.05) is 32.0 Å². The molecule has 0 aliphatic heterocycles. The Morgan fingerprint density at radius 1 is 1.00 bits per heavy atom. The van der Waals surface area contributed by atoms with E-state index in [0.29, 0.717) is 29.3 Å². The molecule has 2 N–H and O–H groups in total. The number of hydrogen-bond donors (Lipinski definition) is 2. The van der Waals surface area contributed by atoms with Gasteiger partial charge in [-0.15, -0.1) is 0 Å². The Bertz CT molecular complexity index is 1330. The number of halogens is 1. The van der Waals surface area contributed by atoms with Crippen LogP contribution in [0.1, 0.15) is 18.1 Å². The highest BCUT2D eigenvalue weighted by molar-refractivity contribution is 6.32. The number of rotatable bonds is 10. The van der Waals surface area contributed by atoms with E-state index in [-0.39, 0.29) is 34.6 Å². The van der Waals surface area contributed by atoms with Crippen molar-refractivity contribution in [1.82, 2.24) is 0 Å². The summed E-state index contributed by atoms with van der Waals surface area (Å²) in [6.07, 6.45) is 1.38. The zero-order chi connectivity index (χ0) is 26.8. The summed E-state index contributed by atoms with van der Waals surface area (Å²) in [7, 11) is 1.42. The maximum absolute atomic E-state index is 12.6. The van der Waals surface area contributed by atoms with E-state index in [1.54, 1.807) is 42.5 Å². The lowest BCUT2D eigenvalue weighted by atomic mass is 10.1. The molecule has 0 atom stereocenters. The van der Waals surface area contributed by atoms with Gasteiger partial charge in [0.05, 0.1) is 18.7 Å². The molecule has 0 bridgehead atoms. The first kappa shape index (κ1) is 27.1. The number of anilines is 2. The van der Waals surface area contributed by atoms with Crippen LogP contribution < -0.4 is 24.8 Å². The van der Waals surface area contributed by atoms with E-state index in [1.165, 1.54) is 19.3 Å². The van der Waals surface area contributed by atoms with Crippen LogP contribution in [-0.4, -0.2) is 32.1 Å². The summed E-state index contributed by atoms with van der Waals surface area (Å²) in [6.45, 7) is 4.06. The van der Waals surface area contributed by atoms with Gasteiger partial charge in [0.15, 0.2) is 18.1 Å². The highest BCUT2D eigenvalue weighted by Gasteiger charge is 2.16. The number of aryl methyl sites for hydroxylation is 1. The third-order valence-electron chi connectivity index (χ3n) is 5.03. The predicted octanol–water partition coefficient (Wildman–Crippen LogP) is 5.62. The highest BCUT2D eigenvalue weighted by atomic mass is 35.5. The van der Waals surface area contributed by atoms with Gasteiger partial charge in [0.25, 0.3) is 11.8 Å². The van der Waals surface area contributed by atoms with Gasteiger partial charge in [-0.05, 0) is 74.0 Å². The fourth-order valence-corrected chi connectivity index (χ4v) is 3.52. The van der Waals surface area contributed by atoms with Crippen molar-refractivity contribution in [2.24, 2.45) is 0 Å². The Morgan fingerprint density at radius 2 is 1.65 bits per heavy atom. The minimum atomic E-state index is -0.588. The summed E-state index contributed by atoms with van der Waals surface area (Å²) in [6, 6.07) is 19.1. The van der Waals surface area contributed by atoms with Crippen molar-refractivity contribution < 1.29 is 23.8 Å². The predicted molar refractivity (Wildman–Crippen MR) is 143 cm³/mol. The minimum absolute atomic E-state index is 0.141. The normalized spacial score (nSPS) is 10.7. The zero-order valence-corrected chi connectivity index (χ0v) is 21.4. The second-order valence-electron chi connectivity index (χ2n) is 7.82. The van der Waals surface area contributed by atoms with Gasteiger partial charge in [0, 0.05) is 11.4 Å². The number of carbonyl (C=O) groups is 2. The average molecular weight is 520 g/mol. The van der Waals surface area contributed by atoms with Crippen LogP contribution in [0.15, 0.2) is 66.2 Å². The minimum Gasteiger partial charge on any atom is -0.494 e. The van der Waals surface area contributed by atoms with Crippen LogP contribution in [0.25, 0.3) is 6.08 Å². The van der Waals surface area contributed by atoms with E-state index < -0.39 is 5.91 Å². The van der Waals surface area contributed by atoms with Crippen molar-refractivity contribution in [2.75, 3.05) is 31.0 Å². The number of ether oxygens (including phenoxy) is 3. The lowest BCUT2D eigenvalue weighted by Gasteiger charge is -2.14. The number of amides is 2. The number of carbonyl (C=O) groups excluding carboxylic acids is 2. The maximum atomic E-state index is 12.6. The number of hydrogen-bond acceptors (Lipinski definition) is 6. The number of benzene rings is 3. The molecule has 3 aromatic carbocycles. The van der Waals surface area contributed by atoms with E-state index in [2.05, 4.69) is 10.6 Å². The van der Waals surface area contributed by atoms with Crippen LogP contribution in [0.2, 0.25) is 5.02 Å². The number of methoxy groups -OCH3 is 1. The van der Waals surface area contributed by atoms with Gasteiger partial charge < -0.3 is 24.8 Å². The standard InChI is InChI=1S/C28H26ClN3O5/c1-4-36-23-11-9-22(10-12-23)32-28(34)20(16-30)13-19-14-24(29)27(25(15-19)35-3)37-17-26(33)31-21-7-5-18(2)6-8-21/h5-15H,4,17H2,1-3H3,(H,31,33)(H,32,34)/b20-13+. The fourth-order valence-electron chi connectivity index (χ4n) is 3.25. The van der Waals surface area contributed by atoms with Gasteiger partial charge in [0.1, 0.15) is 17.4 Å². The van der Waals surface area contributed by atoms with E-state index in [4.69, 9.17) is 25.8 Å². The van der Waals surface area contributed by atoms with E-state index in [9.17, 15) is 14.9 Å². The van der Waals surface area contributed by atoms with Crippen LogP contribution in [0.3, 0.4) is 0 Å². The largest absolute Gasteiger partial charge is 0.494 e. The smallest absolute Gasteiger partial charge is 0.266 e. The summed E-state index contributed by atoms with van der Waals surface area (Å²) >= 11 is 6.39. The first-order valence-corrected chi connectivity index (χ1v) is 11.7. The van der Waals surface area contributed by atoms with Gasteiger partial charge in [-0.2, -0.15) is 5.26 Å². The topological polar surface area (TPSA) is 110 Å². The molecule has 0 aliphatic rings. The molecule has 0 heterocycles. The number of nitriles is 1. The molecule has 37 heavy (non-hydrogen) atoms. The molecule has 190 valence electrons. The van der Waals surface area contributed by atoms with Gasteiger partial charge in [0.2, 0.25) is 0 Å². The van der Waals surface area contributed by atoms with Crippen molar-refractivity contribution in [3.63, 3.8) is 0 Å². The summed E-state index contributed by atoms with van der Waals surface area (Å²) in [5.74, 6) is 0.121. The quantitative estimate of drug-likeness (QED) is 0.266. The number of nitrogens with one attached hydrogen (secondary N) is 2. The average Bonchev–Trinajstić information content (AvgIpc) is 2.88. The summed E-state index contributed by atoms with van der Waals surface area (Å²) in [5, 5.41) is 15.1. The lowest BCUT2D eigenvalue weighted by Crippen LogP contribution is -2.20. The molecule has 0 aromatic heterocycles. The second-order valence-corrected chi connectivity index (χ2v) is 8.23. The molecule has 0 radical (unpaired) electrons. The van der Waals surface area contributed by atoms with Crippen LogP contribution in [0, 0.1) is 18.3 Å². The third kappa shape index (κ3) is 7.75. The van der Waals surface area contributed by atoms with Crippen molar-refractivity contribution in [1.29, 1.82) is 5.26 Å². The van der Waals surface area contributed by atoms with Crippen molar-refractivity contribution in [3.8, 4) is 23.3 Å². The highest BCUT2D eigenvalue weighted by Crippen LogP contribution is 2.37. The summed E-state index contributed by atoms with van der Waals surface area (Å²) in [4.78, 5) is 24.9. The van der Waals surface area contributed by atoms with Crippen LogP contribution in [0.4, 0.5) is 11.4 Å². The first-order chi connectivity index (χ1) is 17.8. The molecule has 0 spiro atoms. The Hall–Kier alpha value is -4.48. The molecule has 3 rings (SSSR count). The Balaban J connectivity index is 1.70. The Morgan fingerprint density at radius 3 is 2.27 bits per heavy atom. The van der Waals surface area contributed by atoms with Crippen LogP contribution in [-0.2, 0) is 9.59 Å². The van der Waals surface area contributed by atoms with E-state index in [0.717, 1.165) is 5.56 Å². The third-order valence-corrected chi connectivity index (χ3v) is 5.31. The molecule has 2 amide bonds. The van der Waals surface area contributed by atoms with Gasteiger partial charge in [-0.3, -0.25) is 9.59 Å². The van der Waals surface area contributed by atoms with Gasteiger partial charge in [-0.1, -0.05) is 29.3 Å². The maximum Gasteiger partial charge on any atom is 0.266 e. The number of nitrogens with zero attached hydrogens (tertiary/aromatic N) is 1. The molecule has 0 saturated heterocycles. The molecule has 9 heteroatoms. The molecular formula is C28H26ClN3O5. The first-order valence-electron chi connectivity index (χ1n) is 11.4. The fraction of sp³-hybridized carbons (Fsp3) is 0.179. The molecule has 3 aromatic rings. The van der Waals surface area contributed by atoms with E-state index >= 15 is 0 Å². The van der Waals surface area contributed by atoms with Crippen molar-refractivity contribution in [2.45, 2.75) is 13.8 Å². The second kappa shape index (κ2) is 13.0. The molecule has 0 saturated carbocycles. The summed E-state index contributed by atoms with van der Waals surface area (Å²) in [5.41, 5.74) is 2.53. The molecule has 0 aliphatic carbocycles. The zero-order valence-electron chi connectivity index (χ0n) is 20.6. The molecule has 0 fully saturated rings. The monoisotopic (exact) mass is 519 g/mol. The van der Waals surface area contributed by atoms with Gasteiger partial charge in [-0.25, -0.2) is 0 Å².